The quantitative estimate of drug-likeness (QED) is 0.825. The molecule has 2 N–H and O–H groups in total. The number of rotatable bonds is 6. The van der Waals surface area contributed by atoms with Crippen molar-refractivity contribution in [2.45, 2.75) is 13.3 Å². The number of carbonyl (C=O) groups excluding carboxylic acids is 2. The first-order valence-corrected chi connectivity index (χ1v) is 7.68. The van der Waals surface area contributed by atoms with E-state index in [1.807, 2.05) is 19.1 Å². The van der Waals surface area contributed by atoms with E-state index in [4.69, 9.17) is 4.74 Å². The van der Waals surface area contributed by atoms with Gasteiger partial charge in [0.2, 0.25) is 5.91 Å². The lowest BCUT2D eigenvalue weighted by molar-refractivity contribution is -0.119. The predicted molar refractivity (Wildman–Crippen MR) is 85.0 cm³/mol. The molecule has 1 fully saturated rings. The fourth-order valence-corrected chi connectivity index (χ4v) is 2.19. The van der Waals surface area contributed by atoms with Crippen LogP contribution < -0.4 is 10.6 Å². The van der Waals surface area contributed by atoms with Crippen molar-refractivity contribution < 1.29 is 14.3 Å². The lowest BCUT2D eigenvalue weighted by Gasteiger charge is -2.26. The minimum atomic E-state index is -0.0321. The average Bonchev–Trinajstić information content (AvgIpc) is 2.58. The van der Waals surface area contributed by atoms with Crippen molar-refractivity contribution in [3.63, 3.8) is 0 Å². The van der Waals surface area contributed by atoms with Crippen LogP contribution in [0.15, 0.2) is 24.3 Å². The second-order valence-electron chi connectivity index (χ2n) is 5.19. The molecule has 0 unspecified atom stereocenters. The van der Waals surface area contributed by atoms with Gasteiger partial charge in [0.25, 0.3) is 5.91 Å². The molecule has 1 aromatic carbocycles. The average molecular weight is 305 g/mol. The Hall–Kier alpha value is -2.08. The first-order chi connectivity index (χ1) is 10.7. The number of nitrogens with one attached hydrogen (secondary N) is 2. The van der Waals surface area contributed by atoms with Crippen molar-refractivity contribution in [1.29, 1.82) is 0 Å². The summed E-state index contributed by atoms with van der Waals surface area (Å²) in [6.07, 6.45) is 0.921. The number of anilines is 1. The number of carbonyl (C=O) groups is 2. The van der Waals surface area contributed by atoms with Crippen molar-refractivity contribution in [2.75, 3.05) is 44.7 Å². The maximum atomic E-state index is 12.3. The molecule has 1 aromatic rings. The van der Waals surface area contributed by atoms with Crippen LogP contribution in [0.1, 0.15) is 23.7 Å². The lowest BCUT2D eigenvalue weighted by atomic mass is 10.1. The molecule has 0 spiro atoms. The van der Waals surface area contributed by atoms with Crippen LogP contribution >= 0.6 is 0 Å². The van der Waals surface area contributed by atoms with E-state index in [0.717, 1.165) is 12.1 Å². The Balaban J connectivity index is 1.84. The fraction of sp³-hybridized carbons (Fsp3) is 0.500. The van der Waals surface area contributed by atoms with E-state index in [2.05, 4.69) is 10.6 Å². The van der Waals surface area contributed by atoms with Crippen molar-refractivity contribution >= 4 is 17.5 Å². The summed E-state index contributed by atoms with van der Waals surface area (Å²) in [5.41, 5.74) is 1.48. The zero-order valence-electron chi connectivity index (χ0n) is 12.9. The van der Waals surface area contributed by atoms with Crippen LogP contribution in [0.25, 0.3) is 0 Å². The zero-order valence-corrected chi connectivity index (χ0v) is 12.9. The highest BCUT2D eigenvalue weighted by Gasteiger charge is 2.18. The maximum absolute atomic E-state index is 12.3. The van der Waals surface area contributed by atoms with Crippen LogP contribution in [-0.2, 0) is 9.53 Å². The van der Waals surface area contributed by atoms with Gasteiger partial charge in [0.05, 0.1) is 19.8 Å². The molecule has 1 saturated heterocycles. The first-order valence-electron chi connectivity index (χ1n) is 7.68. The van der Waals surface area contributed by atoms with Crippen LogP contribution in [0.2, 0.25) is 0 Å². The topological polar surface area (TPSA) is 70.7 Å². The molecule has 0 bridgehead atoms. The van der Waals surface area contributed by atoms with E-state index in [0.29, 0.717) is 38.4 Å². The van der Waals surface area contributed by atoms with Gasteiger partial charge in [0.15, 0.2) is 0 Å². The summed E-state index contributed by atoms with van der Waals surface area (Å²) >= 11 is 0. The fourth-order valence-electron chi connectivity index (χ4n) is 2.19. The van der Waals surface area contributed by atoms with Crippen LogP contribution in [0.4, 0.5) is 5.69 Å². The van der Waals surface area contributed by atoms with Crippen molar-refractivity contribution in [1.82, 2.24) is 10.2 Å². The zero-order chi connectivity index (χ0) is 15.8. The van der Waals surface area contributed by atoms with Crippen LogP contribution in [0.3, 0.4) is 0 Å². The van der Waals surface area contributed by atoms with Gasteiger partial charge in [0.1, 0.15) is 0 Å². The third-order valence-corrected chi connectivity index (χ3v) is 3.46. The third kappa shape index (κ3) is 4.73. The molecule has 6 nitrogen and oxygen atoms in total. The minimum Gasteiger partial charge on any atom is -0.378 e. The molecule has 1 aliphatic rings. The normalized spacial score (nSPS) is 14.5. The van der Waals surface area contributed by atoms with Crippen molar-refractivity contribution in [2.24, 2.45) is 0 Å². The molecule has 22 heavy (non-hydrogen) atoms. The summed E-state index contributed by atoms with van der Waals surface area (Å²) in [4.78, 5) is 25.6. The standard InChI is InChI=1S/C16H23N3O3/c1-2-7-17-15(20)12-18-14-5-3-13(4-6-14)16(21)19-8-10-22-11-9-19/h3-6,18H,2,7-12H2,1H3,(H,17,20). The molecule has 6 heteroatoms. The van der Waals surface area contributed by atoms with Gasteiger partial charge in [-0.3, -0.25) is 9.59 Å². The second kappa shape index (κ2) is 8.38. The Morgan fingerprint density at radius 2 is 1.86 bits per heavy atom. The van der Waals surface area contributed by atoms with Gasteiger partial charge >= 0.3 is 0 Å². The summed E-state index contributed by atoms with van der Waals surface area (Å²) in [6, 6.07) is 7.20. The molecule has 2 rings (SSSR count). The van der Waals surface area contributed by atoms with Gasteiger partial charge in [-0.2, -0.15) is 0 Å². The van der Waals surface area contributed by atoms with Crippen molar-refractivity contribution in [3.05, 3.63) is 29.8 Å². The molecule has 2 amide bonds. The number of benzene rings is 1. The number of hydrogen-bond donors (Lipinski definition) is 2. The SMILES string of the molecule is CCCNC(=O)CNc1ccc(C(=O)N2CCOCC2)cc1. The van der Waals surface area contributed by atoms with Gasteiger partial charge in [-0.1, -0.05) is 6.92 Å². The van der Waals surface area contributed by atoms with E-state index in [1.54, 1.807) is 17.0 Å². The van der Waals surface area contributed by atoms with E-state index < -0.39 is 0 Å². The molecular formula is C16H23N3O3. The van der Waals surface area contributed by atoms with Crippen LogP contribution in [0, 0.1) is 0 Å². The largest absolute Gasteiger partial charge is 0.378 e. The van der Waals surface area contributed by atoms with Crippen LogP contribution in [-0.4, -0.2) is 56.1 Å². The van der Waals surface area contributed by atoms with Gasteiger partial charge in [-0.15, -0.1) is 0 Å². The number of morpholine rings is 1. The van der Waals surface area contributed by atoms with E-state index in [-0.39, 0.29) is 18.4 Å². The molecule has 0 aromatic heterocycles. The van der Waals surface area contributed by atoms with Gasteiger partial charge in [-0.25, -0.2) is 0 Å². The molecular weight excluding hydrogens is 282 g/mol. The summed E-state index contributed by atoms with van der Waals surface area (Å²) < 4.78 is 5.25. The van der Waals surface area contributed by atoms with Gasteiger partial charge in [0, 0.05) is 30.9 Å². The third-order valence-electron chi connectivity index (χ3n) is 3.46. The highest BCUT2D eigenvalue weighted by Crippen LogP contribution is 2.12. The van der Waals surface area contributed by atoms with Crippen molar-refractivity contribution in [3.8, 4) is 0 Å². The highest BCUT2D eigenvalue weighted by molar-refractivity contribution is 5.94. The molecule has 0 atom stereocenters. The molecule has 0 aliphatic carbocycles. The second-order valence-corrected chi connectivity index (χ2v) is 5.19. The summed E-state index contributed by atoms with van der Waals surface area (Å²) in [5.74, 6) is -0.00846. The van der Waals surface area contributed by atoms with E-state index >= 15 is 0 Å². The Labute approximate surface area is 130 Å². The Morgan fingerprint density at radius 1 is 1.18 bits per heavy atom. The summed E-state index contributed by atoms with van der Waals surface area (Å²) in [6.45, 7) is 5.39. The Kier molecular flexibility index (Phi) is 6.21. The molecule has 120 valence electrons. The summed E-state index contributed by atoms with van der Waals surface area (Å²) in [7, 11) is 0. The smallest absolute Gasteiger partial charge is 0.254 e. The first kappa shape index (κ1) is 16.3. The number of amides is 2. The Morgan fingerprint density at radius 3 is 2.50 bits per heavy atom. The maximum Gasteiger partial charge on any atom is 0.254 e. The van der Waals surface area contributed by atoms with E-state index in [1.165, 1.54) is 0 Å². The van der Waals surface area contributed by atoms with Gasteiger partial charge < -0.3 is 20.3 Å². The van der Waals surface area contributed by atoms with Crippen LogP contribution in [0.5, 0.6) is 0 Å². The molecule has 1 heterocycles. The molecule has 0 radical (unpaired) electrons. The highest BCUT2D eigenvalue weighted by atomic mass is 16.5. The van der Waals surface area contributed by atoms with E-state index in [9.17, 15) is 9.59 Å². The lowest BCUT2D eigenvalue weighted by Crippen LogP contribution is -2.40. The molecule has 1 aliphatic heterocycles. The predicted octanol–water partition coefficient (Wildman–Crippen LogP) is 1.10. The Bertz CT molecular complexity index is 496. The minimum absolute atomic E-state index is 0.0236. The number of ether oxygens (including phenoxy) is 1. The summed E-state index contributed by atoms with van der Waals surface area (Å²) in [5, 5.41) is 5.84. The number of hydrogen-bond acceptors (Lipinski definition) is 4. The monoisotopic (exact) mass is 305 g/mol. The van der Waals surface area contributed by atoms with Gasteiger partial charge in [-0.05, 0) is 30.7 Å². The number of nitrogens with zero attached hydrogens (tertiary/aromatic N) is 1. The molecule has 0 saturated carbocycles.